The Morgan fingerprint density at radius 2 is 1.60 bits per heavy atom. The Kier molecular flexibility index (Phi) is 9.28. The van der Waals surface area contributed by atoms with Crippen molar-refractivity contribution in [1.29, 1.82) is 0 Å². The van der Waals surface area contributed by atoms with Crippen molar-refractivity contribution in [2.75, 3.05) is 24.5 Å². The summed E-state index contributed by atoms with van der Waals surface area (Å²) < 4.78 is 16.0. The first-order valence-corrected chi connectivity index (χ1v) is 14.3. The second-order valence-corrected chi connectivity index (χ2v) is 10.9. The van der Waals surface area contributed by atoms with Gasteiger partial charge in [-0.3, -0.25) is 14.4 Å². The van der Waals surface area contributed by atoms with Crippen LogP contribution in [0.5, 0.6) is 17.2 Å². The van der Waals surface area contributed by atoms with E-state index in [0.717, 1.165) is 4.90 Å². The molecule has 0 saturated heterocycles. The van der Waals surface area contributed by atoms with Crippen LogP contribution >= 0.6 is 11.8 Å². The van der Waals surface area contributed by atoms with Crippen molar-refractivity contribution in [3.8, 4) is 17.2 Å². The third-order valence-electron chi connectivity index (χ3n) is 6.35. The lowest BCUT2D eigenvalue weighted by Gasteiger charge is -2.14. The van der Waals surface area contributed by atoms with Crippen LogP contribution in [0.1, 0.15) is 22.8 Å². The molecule has 4 aromatic carbocycles. The smallest absolute Gasteiger partial charge is 0.272 e. The first-order valence-electron chi connectivity index (χ1n) is 13.4. The molecule has 1 aliphatic heterocycles. The highest BCUT2D eigenvalue weighted by atomic mass is 32.2. The number of amides is 3. The molecule has 0 bridgehead atoms. The van der Waals surface area contributed by atoms with Crippen LogP contribution in [0.4, 0.5) is 11.4 Å². The van der Waals surface area contributed by atoms with Crippen molar-refractivity contribution in [3.63, 3.8) is 0 Å². The summed E-state index contributed by atoms with van der Waals surface area (Å²) in [6.07, 6.45) is 1.58. The molecular weight excluding hydrogens is 566 g/mol. The van der Waals surface area contributed by atoms with Crippen LogP contribution in [0.2, 0.25) is 0 Å². The number of rotatable bonds is 10. The molecule has 4 aromatic rings. The predicted octanol–water partition coefficient (Wildman–Crippen LogP) is 5.95. The molecule has 1 heterocycles. The fourth-order valence-electron chi connectivity index (χ4n) is 4.16. The molecule has 10 heteroatoms. The Bertz CT molecular complexity index is 1670. The third kappa shape index (κ3) is 7.75. The van der Waals surface area contributed by atoms with E-state index in [9.17, 15) is 14.4 Å². The van der Waals surface area contributed by atoms with Crippen LogP contribution in [-0.4, -0.2) is 36.9 Å². The maximum absolute atomic E-state index is 13.4. The van der Waals surface area contributed by atoms with Crippen LogP contribution in [0.3, 0.4) is 0 Å². The molecule has 0 aromatic heterocycles. The molecule has 0 aliphatic carbocycles. The number of thioether (sulfide) groups is 1. The topological polar surface area (TPSA) is 115 Å². The van der Waals surface area contributed by atoms with Gasteiger partial charge >= 0.3 is 0 Å². The molecule has 0 saturated carbocycles. The van der Waals surface area contributed by atoms with Crippen LogP contribution < -0.4 is 30.2 Å². The maximum atomic E-state index is 13.4. The molecule has 9 nitrogen and oxygen atoms in total. The molecule has 1 unspecified atom stereocenters. The molecule has 43 heavy (non-hydrogen) atoms. The molecule has 5 rings (SSSR count). The summed E-state index contributed by atoms with van der Waals surface area (Å²) in [7, 11) is 1.56. The van der Waals surface area contributed by atoms with E-state index in [1.54, 1.807) is 105 Å². The van der Waals surface area contributed by atoms with Crippen LogP contribution in [0.15, 0.2) is 108 Å². The van der Waals surface area contributed by atoms with Gasteiger partial charge in [-0.05, 0) is 73.2 Å². The lowest BCUT2D eigenvalue weighted by Crippen LogP contribution is -2.30. The average Bonchev–Trinajstić information content (AvgIpc) is 3.49. The molecule has 0 radical (unpaired) electrons. The minimum absolute atomic E-state index is 0.0524. The van der Waals surface area contributed by atoms with E-state index in [2.05, 4.69) is 16.0 Å². The van der Waals surface area contributed by atoms with Gasteiger partial charge in [0.15, 0.2) is 11.5 Å². The number of carbonyl (C=O) groups excluding carboxylic acids is 3. The number of benzene rings is 4. The van der Waals surface area contributed by atoms with Crippen LogP contribution in [-0.2, 0) is 9.59 Å². The summed E-state index contributed by atoms with van der Waals surface area (Å²) in [5, 5.41) is 8.05. The SMILES string of the molecule is COc1cccc(/C=C(\NC(=O)c2ccccc2)C(=O)Nc2cccc(SC(C)C(=O)Nc3ccc4c(c3)OCO4)c2)c1. The van der Waals surface area contributed by atoms with Gasteiger partial charge < -0.3 is 30.2 Å². The quantitative estimate of drug-likeness (QED) is 0.153. The summed E-state index contributed by atoms with van der Waals surface area (Å²) >= 11 is 1.34. The second kappa shape index (κ2) is 13.6. The minimum Gasteiger partial charge on any atom is -0.497 e. The van der Waals surface area contributed by atoms with E-state index in [4.69, 9.17) is 14.2 Å². The van der Waals surface area contributed by atoms with Gasteiger partial charge in [-0.15, -0.1) is 11.8 Å². The fourth-order valence-corrected chi connectivity index (χ4v) is 5.09. The van der Waals surface area contributed by atoms with E-state index in [1.165, 1.54) is 11.8 Å². The van der Waals surface area contributed by atoms with Crippen molar-refractivity contribution >= 4 is 46.9 Å². The van der Waals surface area contributed by atoms with Crippen molar-refractivity contribution in [2.45, 2.75) is 17.1 Å². The molecule has 3 amide bonds. The van der Waals surface area contributed by atoms with E-state index >= 15 is 0 Å². The third-order valence-corrected chi connectivity index (χ3v) is 7.44. The number of nitrogens with one attached hydrogen (secondary N) is 3. The van der Waals surface area contributed by atoms with Gasteiger partial charge in [0.25, 0.3) is 11.8 Å². The summed E-state index contributed by atoms with van der Waals surface area (Å²) in [5.74, 6) is 0.718. The first kappa shape index (κ1) is 29.3. The van der Waals surface area contributed by atoms with E-state index in [0.29, 0.717) is 39.8 Å². The minimum atomic E-state index is -0.511. The molecule has 218 valence electrons. The van der Waals surface area contributed by atoms with Gasteiger partial charge in [0, 0.05) is 27.9 Å². The van der Waals surface area contributed by atoms with Gasteiger partial charge in [-0.2, -0.15) is 0 Å². The average molecular weight is 596 g/mol. The summed E-state index contributed by atoms with van der Waals surface area (Å²) in [4.78, 5) is 40.0. The van der Waals surface area contributed by atoms with E-state index in [1.807, 2.05) is 12.1 Å². The van der Waals surface area contributed by atoms with Crippen molar-refractivity contribution in [3.05, 3.63) is 114 Å². The van der Waals surface area contributed by atoms with Gasteiger partial charge in [0.2, 0.25) is 12.7 Å². The maximum Gasteiger partial charge on any atom is 0.272 e. The van der Waals surface area contributed by atoms with Gasteiger partial charge in [-0.25, -0.2) is 0 Å². The molecule has 1 atom stereocenters. The molecule has 0 spiro atoms. The highest BCUT2D eigenvalue weighted by Crippen LogP contribution is 2.34. The van der Waals surface area contributed by atoms with Crippen molar-refractivity contribution in [1.82, 2.24) is 5.32 Å². The Morgan fingerprint density at radius 3 is 2.42 bits per heavy atom. The predicted molar refractivity (Wildman–Crippen MR) is 166 cm³/mol. The van der Waals surface area contributed by atoms with Gasteiger partial charge in [-0.1, -0.05) is 36.4 Å². The second-order valence-electron chi connectivity index (χ2n) is 9.45. The lowest BCUT2D eigenvalue weighted by atomic mass is 10.1. The summed E-state index contributed by atoms with van der Waals surface area (Å²) in [6, 6.07) is 28.2. The zero-order valence-electron chi connectivity index (χ0n) is 23.5. The Hall–Kier alpha value is -5.22. The number of hydrogen-bond acceptors (Lipinski definition) is 7. The monoisotopic (exact) mass is 595 g/mol. The fraction of sp³-hybridized carbons (Fsp3) is 0.121. The molecular formula is C33H29N3O6S. The number of fused-ring (bicyclic) bond motifs is 1. The Labute approximate surface area is 253 Å². The summed E-state index contributed by atoms with van der Waals surface area (Å²) in [6.45, 7) is 1.95. The largest absolute Gasteiger partial charge is 0.497 e. The standard InChI is InChI=1S/C33H29N3O6S/c1-21(31(37)34-25-14-15-29-30(19-25)42-20-41-29)43-27-13-7-11-24(18-27)35-33(39)28(17-22-8-6-12-26(16-22)40-2)36-32(38)23-9-4-3-5-10-23/h3-19,21H,20H2,1-2H3,(H,34,37)(H,35,39)(H,36,38)/b28-17-. The molecule has 3 N–H and O–H groups in total. The Balaban J connectivity index is 1.28. The highest BCUT2D eigenvalue weighted by Gasteiger charge is 2.19. The van der Waals surface area contributed by atoms with E-state index < -0.39 is 17.1 Å². The zero-order chi connectivity index (χ0) is 30.2. The van der Waals surface area contributed by atoms with E-state index in [-0.39, 0.29) is 18.4 Å². The number of hydrogen-bond donors (Lipinski definition) is 3. The highest BCUT2D eigenvalue weighted by molar-refractivity contribution is 8.00. The lowest BCUT2D eigenvalue weighted by molar-refractivity contribution is -0.115. The van der Waals surface area contributed by atoms with Gasteiger partial charge in [0.1, 0.15) is 11.4 Å². The van der Waals surface area contributed by atoms with Crippen molar-refractivity contribution in [2.24, 2.45) is 0 Å². The number of carbonyl (C=O) groups is 3. The summed E-state index contributed by atoms with van der Waals surface area (Å²) in [5.41, 5.74) is 2.25. The Morgan fingerprint density at radius 1 is 0.837 bits per heavy atom. The van der Waals surface area contributed by atoms with Crippen molar-refractivity contribution < 1.29 is 28.6 Å². The van der Waals surface area contributed by atoms with Crippen LogP contribution in [0.25, 0.3) is 6.08 Å². The zero-order valence-corrected chi connectivity index (χ0v) is 24.3. The molecule has 1 aliphatic rings. The molecule has 0 fully saturated rings. The van der Waals surface area contributed by atoms with Crippen LogP contribution in [0, 0.1) is 0 Å². The number of anilines is 2. The number of ether oxygens (including phenoxy) is 3. The normalized spacial score (nSPS) is 12.7. The van der Waals surface area contributed by atoms with Gasteiger partial charge in [0.05, 0.1) is 12.4 Å². The number of methoxy groups -OCH3 is 1. The first-order chi connectivity index (χ1) is 20.9.